The summed E-state index contributed by atoms with van der Waals surface area (Å²) in [5, 5.41) is 0.748. The van der Waals surface area contributed by atoms with Crippen LogP contribution in [-0.4, -0.2) is 45.3 Å². The molecule has 6 heteroatoms. The van der Waals surface area contributed by atoms with Crippen molar-refractivity contribution in [3.8, 4) is 0 Å². The van der Waals surface area contributed by atoms with Crippen molar-refractivity contribution >= 4 is 23.4 Å². The first-order chi connectivity index (χ1) is 14.5. The van der Waals surface area contributed by atoms with Crippen LogP contribution in [0.25, 0.3) is 0 Å². The molecule has 0 unspecified atom stereocenters. The molecule has 1 aromatic carbocycles. The van der Waals surface area contributed by atoms with E-state index < -0.39 is 0 Å². The van der Waals surface area contributed by atoms with Crippen molar-refractivity contribution in [3.63, 3.8) is 0 Å². The Morgan fingerprint density at radius 1 is 1.10 bits per heavy atom. The molecule has 0 bridgehead atoms. The molecule has 2 aromatic rings. The minimum Gasteiger partial charge on any atom is -0.345 e. The molecule has 1 saturated carbocycles. The summed E-state index contributed by atoms with van der Waals surface area (Å²) in [6, 6.07) is 12.2. The first kappa shape index (κ1) is 22.4. The van der Waals surface area contributed by atoms with Crippen LogP contribution in [0.4, 0.5) is 0 Å². The van der Waals surface area contributed by atoms with Crippen LogP contribution in [0.3, 0.4) is 0 Å². The predicted octanol–water partition coefficient (Wildman–Crippen LogP) is 4.72. The normalized spacial score (nSPS) is 14.5. The maximum atomic E-state index is 13.3. The van der Waals surface area contributed by atoms with Gasteiger partial charge < -0.3 is 14.4 Å². The van der Waals surface area contributed by atoms with Crippen molar-refractivity contribution in [1.82, 2.24) is 14.4 Å². The third-order valence-electron chi connectivity index (χ3n) is 6.04. The second-order valence-electron chi connectivity index (χ2n) is 8.07. The Kier molecular flexibility index (Phi) is 7.97. The highest BCUT2D eigenvalue weighted by Gasteiger charge is 2.27. The fraction of sp³-hybridized carbons (Fsp3) is 0.500. The molecule has 5 nitrogen and oxygen atoms in total. The van der Waals surface area contributed by atoms with E-state index in [1.807, 2.05) is 48.4 Å². The predicted molar refractivity (Wildman–Crippen MR) is 120 cm³/mol. The van der Waals surface area contributed by atoms with Crippen LogP contribution in [-0.2, 0) is 22.7 Å². The minimum absolute atomic E-state index is 0.0319. The summed E-state index contributed by atoms with van der Waals surface area (Å²) in [5.41, 5.74) is 2.14. The van der Waals surface area contributed by atoms with Gasteiger partial charge in [-0.25, -0.2) is 0 Å². The van der Waals surface area contributed by atoms with Gasteiger partial charge in [-0.3, -0.25) is 9.59 Å². The van der Waals surface area contributed by atoms with Crippen molar-refractivity contribution in [2.75, 3.05) is 13.1 Å². The van der Waals surface area contributed by atoms with E-state index in [0.29, 0.717) is 19.6 Å². The fourth-order valence-corrected chi connectivity index (χ4v) is 4.44. The minimum atomic E-state index is -0.0588. The van der Waals surface area contributed by atoms with E-state index in [1.165, 1.54) is 13.3 Å². The van der Waals surface area contributed by atoms with Crippen LogP contribution >= 0.6 is 11.6 Å². The smallest absolute Gasteiger partial charge is 0.242 e. The number of nitrogens with zero attached hydrogens (tertiary/aromatic N) is 3. The largest absolute Gasteiger partial charge is 0.345 e. The molecule has 0 atom stereocenters. The van der Waals surface area contributed by atoms with Gasteiger partial charge in [-0.1, -0.05) is 49.1 Å². The molecule has 1 aliphatic rings. The van der Waals surface area contributed by atoms with Crippen LogP contribution in [0.5, 0.6) is 0 Å². The molecule has 0 spiro atoms. The Morgan fingerprint density at radius 2 is 1.83 bits per heavy atom. The van der Waals surface area contributed by atoms with Crippen molar-refractivity contribution in [2.24, 2.45) is 0 Å². The highest BCUT2D eigenvalue weighted by Crippen LogP contribution is 2.25. The van der Waals surface area contributed by atoms with E-state index in [9.17, 15) is 9.59 Å². The highest BCUT2D eigenvalue weighted by atomic mass is 35.5. The summed E-state index contributed by atoms with van der Waals surface area (Å²) >= 11 is 6.36. The Hall–Kier alpha value is -2.27. The third kappa shape index (κ3) is 5.66. The number of carbonyl (C=O) groups is 2. The van der Waals surface area contributed by atoms with Gasteiger partial charge in [-0.2, -0.15) is 0 Å². The number of benzene rings is 1. The van der Waals surface area contributed by atoms with Gasteiger partial charge in [-0.05, 0) is 43.5 Å². The van der Waals surface area contributed by atoms with Crippen molar-refractivity contribution in [1.29, 1.82) is 0 Å². The summed E-state index contributed by atoms with van der Waals surface area (Å²) in [6.45, 7) is 5.35. The zero-order valence-electron chi connectivity index (χ0n) is 18.0. The molecule has 162 valence electrons. The number of amides is 2. The van der Waals surface area contributed by atoms with Crippen molar-refractivity contribution in [2.45, 2.75) is 65.1 Å². The Labute approximate surface area is 184 Å². The Bertz CT molecular complexity index is 858. The first-order valence-corrected chi connectivity index (χ1v) is 11.3. The van der Waals surface area contributed by atoms with E-state index in [0.717, 1.165) is 42.0 Å². The van der Waals surface area contributed by atoms with Gasteiger partial charge in [0.1, 0.15) is 0 Å². The lowest BCUT2D eigenvalue weighted by atomic mass is 9.94. The van der Waals surface area contributed by atoms with Crippen molar-refractivity contribution in [3.05, 3.63) is 58.9 Å². The number of halogens is 1. The topological polar surface area (TPSA) is 45.6 Å². The zero-order chi connectivity index (χ0) is 21.5. The summed E-state index contributed by atoms with van der Waals surface area (Å²) < 4.78 is 2.16. The molecule has 2 amide bonds. The number of hydrogen-bond acceptors (Lipinski definition) is 2. The molecular weight excluding hydrogens is 398 g/mol. The Morgan fingerprint density at radius 3 is 2.50 bits per heavy atom. The van der Waals surface area contributed by atoms with Gasteiger partial charge >= 0.3 is 0 Å². The maximum Gasteiger partial charge on any atom is 0.242 e. The quantitative estimate of drug-likeness (QED) is 0.609. The van der Waals surface area contributed by atoms with Crippen LogP contribution in [0.2, 0.25) is 5.02 Å². The second-order valence-corrected chi connectivity index (χ2v) is 8.47. The average Bonchev–Trinajstić information content (AvgIpc) is 3.18. The molecule has 1 aromatic heterocycles. The first-order valence-electron chi connectivity index (χ1n) is 10.9. The van der Waals surface area contributed by atoms with E-state index in [2.05, 4.69) is 10.6 Å². The Balaban J connectivity index is 1.80. The van der Waals surface area contributed by atoms with Gasteiger partial charge in [-0.15, -0.1) is 0 Å². The van der Waals surface area contributed by atoms with Gasteiger partial charge in [0.2, 0.25) is 11.8 Å². The molecule has 3 rings (SSSR count). The number of hydrogen-bond donors (Lipinski definition) is 0. The molecule has 0 radical (unpaired) electrons. The highest BCUT2D eigenvalue weighted by molar-refractivity contribution is 6.31. The fourth-order valence-electron chi connectivity index (χ4n) is 4.25. The molecule has 0 N–H and O–H groups in total. The number of carbonyl (C=O) groups excluding carboxylic acids is 2. The molecule has 1 heterocycles. The van der Waals surface area contributed by atoms with Gasteiger partial charge in [0.25, 0.3) is 0 Å². The lowest BCUT2D eigenvalue weighted by Crippen LogP contribution is -2.47. The zero-order valence-corrected chi connectivity index (χ0v) is 18.8. The molecule has 0 aliphatic heterocycles. The lowest BCUT2D eigenvalue weighted by molar-refractivity contribution is -0.141. The molecular formula is C24H32ClN3O2. The summed E-state index contributed by atoms with van der Waals surface area (Å²) in [7, 11) is 0. The van der Waals surface area contributed by atoms with Crippen LogP contribution < -0.4 is 0 Å². The average molecular weight is 430 g/mol. The molecule has 1 fully saturated rings. The maximum absolute atomic E-state index is 13.3. The van der Waals surface area contributed by atoms with Crippen LogP contribution in [0.1, 0.15) is 57.2 Å². The third-order valence-corrected chi connectivity index (χ3v) is 6.41. The van der Waals surface area contributed by atoms with Gasteiger partial charge in [0.05, 0.1) is 13.1 Å². The summed E-state index contributed by atoms with van der Waals surface area (Å²) in [5.74, 6) is -0.0269. The van der Waals surface area contributed by atoms with E-state index in [-0.39, 0.29) is 24.4 Å². The van der Waals surface area contributed by atoms with Crippen LogP contribution in [0, 0.1) is 0 Å². The van der Waals surface area contributed by atoms with E-state index in [4.69, 9.17) is 11.6 Å². The van der Waals surface area contributed by atoms with E-state index in [1.54, 1.807) is 4.90 Å². The number of likely N-dealkylation sites (N-methyl/N-ethyl adjacent to an activating group) is 1. The number of aromatic nitrogens is 1. The van der Waals surface area contributed by atoms with Crippen molar-refractivity contribution < 1.29 is 9.59 Å². The summed E-state index contributed by atoms with van der Waals surface area (Å²) in [4.78, 5) is 28.7. The molecule has 30 heavy (non-hydrogen) atoms. The van der Waals surface area contributed by atoms with Crippen LogP contribution in [0.15, 0.2) is 42.6 Å². The van der Waals surface area contributed by atoms with E-state index >= 15 is 0 Å². The SMILES string of the molecule is CCN(CC(=O)N(Cc1cccn1Cc1ccccc1Cl)C1CCCCC1)C(C)=O. The second kappa shape index (κ2) is 10.7. The number of rotatable bonds is 8. The van der Waals surface area contributed by atoms with Gasteiger partial charge in [0.15, 0.2) is 0 Å². The molecule has 0 saturated heterocycles. The standard InChI is InChI=1S/C24H32ClN3O2/c1-3-26(19(2)29)18-24(30)28(21-11-5-4-6-12-21)17-22-13-9-15-27(22)16-20-10-7-8-14-23(20)25/h7-10,13-15,21H,3-6,11-12,16-18H2,1-2H3. The summed E-state index contributed by atoms with van der Waals surface area (Å²) in [6.07, 6.45) is 7.64. The monoisotopic (exact) mass is 429 g/mol. The molecule has 1 aliphatic carbocycles. The lowest BCUT2D eigenvalue weighted by Gasteiger charge is -2.36. The van der Waals surface area contributed by atoms with Gasteiger partial charge in [0, 0.05) is 43.0 Å².